The summed E-state index contributed by atoms with van der Waals surface area (Å²) in [6, 6.07) is 18.3. The Labute approximate surface area is 168 Å². The number of amides is 1. The van der Waals surface area contributed by atoms with Crippen LogP contribution in [0.15, 0.2) is 54.6 Å². The van der Waals surface area contributed by atoms with Crippen molar-refractivity contribution >= 4 is 5.91 Å². The SMILES string of the molecule is CC1CC2CC(C)(COc3ccc(C(N)=O)cc3)CC(c3ccccc3)(C1)C2. The number of fused-ring (bicyclic) bond motifs is 2. The minimum absolute atomic E-state index is 0.154. The molecule has 0 aliphatic heterocycles. The van der Waals surface area contributed by atoms with Crippen molar-refractivity contribution < 1.29 is 9.53 Å². The first kappa shape index (κ1) is 19.0. The number of carbonyl (C=O) groups is 1. The van der Waals surface area contributed by atoms with Gasteiger partial charge in [0.05, 0.1) is 6.61 Å². The second kappa shape index (κ2) is 7.27. The van der Waals surface area contributed by atoms with E-state index < -0.39 is 5.91 Å². The highest BCUT2D eigenvalue weighted by atomic mass is 16.5. The van der Waals surface area contributed by atoms with Crippen molar-refractivity contribution in [3.63, 3.8) is 0 Å². The Bertz CT molecular complexity index is 827. The maximum absolute atomic E-state index is 11.3. The summed E-state index contributed by atoms with van der Waals surface area (Å²) in [4.78, 5) is 11.3. The first-order valence-corrected chi connectivity index (χ1v) is 10.5. The molecule has 2 N–H and O–H groups in total. The number of ether oxygens (including phenoxy) is 1. The summed E-state index contributed by atoms with van der Waals surface area (Å²) < 4.78 is 6.20. The molecule has 2 aromatic rings. The van der Waals surface area contributed by atoms with Crippen LogP contribution >= 0.6 is 0 Å². The Morgan fingerprint density at radius 1 is 1.07 bits per heavy atom. The third-order valence-electron chi connectivity index (χ3n) is 6.81. The van der Waals surface area contributed by atoms with Crippen LogP contribution < -0.4 is 10.5 Å². The van der Waals surface area contributed by atoms with Crippen LogP contribution in [-0.2, 0) is 5.41 Å². The highest BCUT2D eigenvalue weighted by molar-refractivity contribution is 5.92. The molecule has 2 aromatic carbocycles. The number of hydrogen-bond acceptors (Lipinski definition) is 2. The van der Waals surface area contributed by atoms with E-state index in [0.29, 0.717) is 12.2 Å². The maximum atomic E-state index is 11.3. The monoisotopic (exact) mass is 377 g/mol. The summed E-state index contributed by atoms with van der Waals surface area (Å²) in [7, 11) is 0. The van der Waals surface area contributed by atoms with Crippen molar-refractivity contribution in [2.75, 3.05) is 6.61 Å². The molecule has 2 fully saturated rings. The zero-order chi connectivity index (χ0) is 19.8. The van der Waals surface area contributed by atoms with Gasteiger partial charge in [-0.1, -0.05) is 44.2 Å². The Kier molecular flexibility index (Phi) is 4.95. The van der Waals surface area contributed by atoms with Gasteiger partial charge in [-0.2, -0.15) is 0 Å². The molecule has 148 valence electrons. The van der Waals surface area contributed by atoms with Crippen molar-refractivity contribution in [1.82, 2.24) is 0 Å². The number of carbonyl (C=O) groups excluding carboxylic acids is 1. The van der Waals surface area contributed by atoms with Crippen molar-refractivity contribution in [3.8, 4) is 5.75 Å². The molecular formula is C25H31NO2. The average Bonchev–Trinajstić information content (AvgIpc) is 2.66. The maximum Gasteiger partial charge on any atom is 0.248 e. The third-order valence-corrected chi connectivity index (χ3v) is 6.81. The lowest BCUT2D eigenvalue weighted by Gasteiger charge is -2.54. The van der Waals surface area contributed by atoms with Crippen LogP contribution in [0.2, 0.25) is 0 Å². The minimum Gasteiger partial charge on any atom is -0.493 e. The summed E-state index contributed by atoms with van der Waals surface area (Å²) >= 11 is 0. The molecule has 28 heavy (non-hydrogen) atoms. The van der Waals surface area contributed by atoms with Crippen LogP contribution in [0.5, 0.6) is 5.75 Å². The zero-order valence-corrected chi connectivity index (χ0v) is 17.0. The van der Waals surface area contributed by atoms with E-state index >= 15 is 0 Å². The lowest BCUT2D eigenvalue weighted by atomic mass is 9.50. The van der Waals surface area contributed by atoms with Crippen molar-refractivity contribution in [2.45, 2.75) is 51.4 Å². The predicted molar refractivity (Wildman–Crippen MR) is 112 cm³/mol. The molecule has 2 bridgehead atoms. The smallest absolute Gasteiger partial charge is 0.248 e. The van der Waals surface area contributed by atoms with Crippen LogP contribution in [0.4, 0.5) is 0 Å². The van der Waals surface area contributed by atoms with E-state index in [0.717, 1.165) is 17.6 Å². The molecule has 3 nitrogen and oxygen atoms in total. The molecule has 0 radical (unpaired) electrons. The van der Waals surface area contributed by atoms with Crippen LogP contribution in [0.1, 0.15) is 61.9 Å². The molecule has 1 amide bonds. The summed E-state index contributed by atoms with van der Waals surface area (Å²) in [6.07, 6.45) is 6.31. The third kappa shape index (κ3) is 3.80. The molecular weight excluding hydrogens is 346 g/mol. The Hall–Kier alpha value is -2.29. The molecule has 4 unspecified atom stereocenters. The van der Waals surface area contributed by atoms with Crippen LogP contribution in [0.3, 0.4) is 0 Å². The fourth-order valence-corrected chi connectivity index (χ4v) is 6.14. The van der Waals surface area contributed by atoms with E-state index in [4.69, 9.17) is 10.5 Å². The molecule has 3 heteroatoms. The summed E-state index contributed by atoms with van der Waals surface area (Å²) in [5.41, 5.74) is 7.78. The van der Waals surface area contributed by atoms with Gasteiger partial charge in [0.1, 0.15) is 5.75 Å². The first-order chi connectivity index (χ1) is 13.4. The van der Waals surface area contributed by atoms with Gasteiger partial charge in [0.15, 0.2) is 0 Å². The van der Waals surface area contributed by atoms with Gasteiger partial charge in [0.25, 0.3) is 0 Å². The minimum atomic E-state index is -0.405. The van der Waals surface area contributed by atoms with Crippen LogP contribution in [0.25, 0.3) is 0 Å². The van der Waals surface area contributed by atoms with E-state index in [1.54, 1.807) is 12.1 Å². The van der Waals surface area contributed by atoms with Gasteiger partial charge in [-0.25, -0.2) is 0 Å². The second-order valence-electron chi connectivity index (χ2n) is 9.63. The Morgan fingerprint density at radius 2 is 1.79 bits per heavy atom. The summed E-state index contributed by atoms with van der Waals surface area (Å²) in [6.45, 7) is 5.52. The summed E-state index contributed by atoms with van der Waals surface area (Å²) in [5.74, 6) is 1.95. The topological polar surface area (TPSA) is 52.3 Å². The van der Waals surface area contributed by atoms with E-state index in [2.05, 4.69) is 44.2 Å². The predicted octanol–water partition coefficient (Wildman–Crippen LogP) is 5.34. The summed E-state index contributed by atoms with van der Waals surface area (Å²) in [5, 5.41) is 0. The van der Waals surface area contributed by atoms with E-state index in [1.807, 2.05) is 12.1 Å². The van der Waals surface area contributed by atoms with Crippen molar-refractivity contribution in [3.05, 3.63) is 65.7 Å². The molecule has 4 atom stereocenters. The number of rotatable bonds is 5. The van der Waals surface area contributed by atoms with Gasteiger partial charge in [-0.05, 0) is 79.2 Å². The fraction of sp³-hybridized carbons (Fsp3) is 0.480. The van der Waals surface area contributed by atoms with E-state index in [-0.39, 0.29) is 10.8 Å². The van der Waals surface area contributed by atoms with E-state index in [1.165, 1.54) is 37.7 Å². The van der Waals surface area contributed by atoms with Crippen molar-refractivity contribution in [1.29, 1.82) is 0 Å². The standard InChI is InChI=1S/C25H31NO2/c1-18-12-19-14-24(2,17-28-22-10-8-20(9-11-22)23(26)27)16-25(13-18,15-19)21-6-4-3-5-7-21/h3-11,18-19H,12-17H2,1-2H3,(H2,26,27). The number of primary amides is 1. The molecule has 0 saturated heterocycles. The number of benzene rings is 2. The molecule has 0 spiro atoms. The van der Waals surface area contributed by atoms with Gasteiger partial charge in [0, 0.05) is 11.0 Å². The molecule has 2 aliphatic rings. The molecule has 2 saturated carbocycles. The Balaban J connectivity index is 1.53. The molecule has 4 rings (SSSR count). The molecule has 0 heterocycles. The van der Waals surface area contributed by atoms with Crippen molar-refractivity contribution in [2.24, 2.45) is 23.0 Å². The van der Waals surface area contributed by atoms with Gasteiger partial charge >= 0.3 is 0 Å². The van der Waals surface area contributed by atoms with E-state index in [9.17, 15) is 4.79 Å². The van der Waals surface area contributed by atoms with Gasteiger partial charge in [-0.15, -0.1) is 0 Å². The highest BCUT2D eigenvalue weighted by Crippen LogP contribution is 2.58. The van der Waals surface area contributed by atoms with Gasteiger partial charge < -0.3 is 10.5 Å². The molecule has 2 aliphatic carbocycles. The first-order valence-electron chi connectivity index (χ1n) is 10.5. The van der Waals surface area contributed by atoms with Gasteiger partial charge in [0.2, 0.25) is 5.91 Å². The average molecular weight is 378 g/mol. The number of hydrogen-bond donors (Lipinski definition) is 1. The van der Waals surface area contributed by atoms with Gasteiger partial charge in [-0.3, -0.25) is 4.79 Å². The lowest BCUT2D eigenvalue weighted by molar-refractivity contribution is -0.00598. The van der Waals surface area contributed by atoms with Crippen LogP contribution in [-0.4, -0.2) is 12.5 Å². The normalized spacial score (nSPS) is 31.9. The fourth-order valence-electron chi connectivity index (χ4n) is 6.14. The lowest BCUT2D eigenvalue weighted by Crippen LogP contribution is -2.48. The zero-order valence-electron chi connectivity index (χ0n) is 17.0. The largest absolute Gasteiger partial charge is 0.493 e. The quantitative estimate of drug-likeness (QED) is 0.765. The highest BCUT2D eigenvalue weighted by Gasteiger charge is 2.50. The van der Waals surface area contributed by atoms with Crippen LogP contribution in [0, 0.1) is 17.3 Å². The molecule has 0 aromatic heterocycles. The second-order valence-corrected chi connectivity index (χ2v) is 9.63. The Morgan fingerprint density at radius 3 is 2.46 bits per heavy atom. The number of nitrogens with two attached hydrogens (primary N) is 1.